The van der Waals surface area contributed by atoms with E-state index in [9.17, 15) is 17.1 Å². The normalized spacial score (nSPS) is 11.1. The number of benzene rings is 1. The molecule has 1 aromatic carbocycles. The van der Waals surface area contributed by atoms with Crippen LogP contribution >= 0.6 is 0 Å². The predicted molar refractivity (Wildman–Crippen MR) is 53.1 cm³/mol. The van der Waals surface area contributed by atoms with Gasteiger partial charge in [-0.05, 0) is 24.1 Å². The summed E-state index contributed by atoms with van der Waals surface area (Å²) in [6.45, 7) is 0. The molecular formula is C9H9FO5S. The van der Waals surface area contributed by atoms with Crippen LogP contribution in [-0.4, -0.2) is 19.5 Å². The van der Waals surface area contributed by atoms with Crippen LogP contribution in [0.2, 0.25) is 0 Å². The van der Waals surface area contributed by atoms with Gasteiger partial charge in [0.1, 0.15) is 5.75 Å². The van der Waals surface area contributed by atoms with E-state index in [1.165, 1.54) is 24.3 Å². The molecule has 7 heteroatoms. The van der Waals surface area contributed by atoms with Crippen LogP contribution in [0.5, 0.6) is 5.75 Å². The van der Waals surface area contributed by atoms with Crippen molar-refractivity contribution in [2.24, 2.45) is 0 Å². The molecule has 0 aromatic heterocycles. The van der Waals surface area contributed by atoms with Gasteiger partial charge in [-0.25, -0.2) is 0 Å². The maximum Gasteiger partial charge on any atom is 0.488 e. The van der Waals surface area contributed by atoms with Gasteiger partial charge in [-0.2, -0.15) is 8.42 Å². The molecule has 0 saturated heterocycles. The van der Waals surface area contributed by atoms with Gasteiger partial charge < -0.3 is 9.29 Å². The third-order valence-corrected chi connectivity index (χ3v) is 2.14. The van der Waals surface area contributed by atoms with Crippen molar-refractivity contribution in [3.63, 3.8) is 0 Å². The molecule has 0 heterocycles. The average Bonchev–Trinajstić information content (AvgIpc) is 2.14. The van der Waals surface area contributed by atoms with Crippen molar-refractivity contribution in [3.8, 4) is 5.75 Å². The summed E-state index contributed by atoms with van der Waals surface area (Å²) in [5, 5.41) is 8.43. The molecule has 16 heavy (non-hydrogen) atoms. The Morgan fingerprint density at radius 2 is 1.88 bits per heavy atom. The lowest BCUT2D eigenvalue weighted by molar-refractivity contribution is -0.136. The zero-order valence-corrected chi connectivity index (χ0v) is 8.91. The van der Waals surface area contributed by atoms with Crippen LogP contribution in [0.15, 0.2) is 24.3 Å². The van der Waals surface area contributed by atoms with Crippen molar-refractivity contribution in [3.05, 3.63) is 29.8 Å². The summed E-state index contributed by atoms with van der Waals surface area (Å²) in [4.78, 5) is 10.3. The lowest BCUT2D eigenvalue weighted by Gasteiger charge is -2.01. The second-order valence-electron chi connectivity index (χ2n) is 3.01. The second-order valence-corrected chi connectivity index (χ2v) is 3.97. The smallest absolute Gasteiger partial charge is 0.481 e. The number of aliphatic carboxylic acids is 1. The topological polar surface area (TPSA) is 80.7 Å². The lowest BCUT2D eigenvalue weighted by atomic mass is 10.1. The SMILES string of the molecule is O=C(O)CCc1ccc(OS(=O)(=O)F)cc1. The van der Waals surface area contributed by atoms with Crippen LogP contribution in [0.1, 0.15) is 12.0 Å². The first kappa shape index (κ1) is 12.4. The standard InChI is InChI=1S/C9H9FO5S/c10-16(13,14)15-8-4-1-7(2-5-8)3-6-9(11)12/h1-2,4-5H,3,6H2,(H,11,12). The molecule has 1 N–H and O–H groups in total. The molecule has 0 unspecified atom stereocenters. The fourth-order valence-electron chi connectivity index (χ4n) is 1.08. The minimum Gasteiger partial charge on any atom is -0.481 e. The van der Waals surface area contributed by atoms with Gasteiger partial charge in [0.2, 0.25) is 0 Å². The number of halogens is 1. The van der Waals surface area contributed by atoms with Crippen LogP contribution in [0, 0.1) is 0 Å². The van der Waals surface area contributed by atoms with Gasteiger partial charge in [-0.1, -0.05) is 16.0 Å². The Morgan fingerprint density at radius 1 is 1.31 bits per heavy atom. The third-order valence-electron chi connectivity index (χ3n) is 1.75. The monoisotopic (exact) mass is 248 g/mol. The minimum atomic E-state index is -5.01. The summed E-state index contributed by atoms with van der Waals surface area (Å²) < 4.78 is 36.3. The Balaban J connectivity index is 2.64. The van der Waals surface area contributed by atoms with Crippen LogP contribution < -0.4 is 4.18 Å². The van der Waals surface area contributed by atoms with E-state index < -0.39 is 16.5 Å². The van der Waals surface area contributed by atoms with E-state index >= 15 is 0 Å². The van der Waals surface area contributed by atoms with E-state index in [-0.39, 0.29) is 12.2 Å². The maximum atomic E-state index is 12.1. The Hall–Kier alpha value is -1.63. The van der Waals surface area contributed by atoms with Gasteiger partial charge in [-0.3, -0.25) is 4.79 Å². The fourth-order valence-corrected chi connectivity index (χ4v) is 1.42. The Labute approximate surface area is 91.9 Å². The molecule has 0 amide bonds. The molecule has 0 saturated carbocycles. The van der Waals surface area contributed by atoms with Crippen molar-refractivity contribution >= 4 is 16.5 Å². The fraction of sp³-hybridized carbons (Fsp3) is 0.222. The largest absolute Gasteiger partial charge is 0.488 e. The van der Waals surface area contributed by atoms with Crippen LogP contribution in [-0.2, 0) is 21.7 Å². The first-order valence-corrected chi connectivity index (χ1v) is 5.62. The molecule has 0 aliphatic heterocycles. The van der Waals surface area contributed by atoms with Gasteiger partial charge in [0.15, 0.2) is 0 Å². The van der Waals surface area contributed by atoms with E-state index in [2.05, 4.69) is 4.18 Å². The van der Waals surface area contributed by atoms with Gasteiger partial charge in [-0.15, -0.1) is 0 Å². The quantitative estimate of drug-likeness (QED) is 0.794. The number of carboxylic acid groups (broad SMARTS) is 1. The summed E-state index contributed by atoms with van der Waals surface area (Å²) in [6.07, 6.45) is 0.291. The number of aryl methyl sites for hydroxylation is 1. The van der Waals surface area contributed by atoms with Gasteiger partial charge in [0.05, 0.1) is 0 Å². The predicted octanol–water partition coefficient (Wildman–Crippen LogP) is 1.30. The van der Waals surface area contributed by atoms with E-state index in [0.717, 1.165) is 0 Å². The van der Waals surface area contributed by atoms with Crippen LogP contribution in [0.4, 0.5) is 3.89 Å². The van der Waals surface area contributed by atoms with Crippen molar-refractivity contribution < 1.29 is 26.4 Å². The molecule has 0 aliphatic carbocycles. The van der Waals surface area contributed by atoms with Crippen LogP contribution in [0.3, 0.4) is 0 Å². The average molecular weight is 248 g/mol. The molecule has 0 spiro atoms. The van der Waals surface area contributed by atoms with Gasteiger partial charge in [0.25, 0.3) is 0 Å². The molecule has 1 aromatic rings. The number of hydrogen-bond donors (Lipinski definition) is 1. The van der Waals surface area contributed by atoms with Gasteiger partial charge >= 0.3 is 16.5 Å². The Morgan fingerprint density at radius 3 is 2.31 bits per heavy atom. The molecule has 0 radical (unpaired) electrons. The molecule has 0 fully saturated rings. The summed E-state index contributed by atoms with van der Waals surface area (Å²) in [5.74, 6) is -1.08. The molecule has 0 atom stereocenters. The van der Waals surface area contributed by atoms with Crippen LogP contribution in [0.25, 0.3) is 0 Å². The molecule has 88 valence electrons. The third kappa shape index (κ3) is 4.74. The number of rotatable bonds is 5. The summed E-state index contributed by atoms with van der Waals surface area (Å²) >= 11 is 0. The highest BCUT2D eigenvalue weighted by molar-refractivity contribution is 7.81. The van der Waals surface area contributed by atoms with E-state index in [1.54, 1.807) is 0 Å². The van der Waals surface area contributed by atoms with Crippen molar-refractivity contribution in [1.82, 2.24) is 0 Å². The Bertz CT molecular complexity index is 465. The molecule has 0 aliphatic rings. The van der Waals surface area contributed by atoms with Crippen molar-refractivity contribution in [2.45, 2.75) is 12.8 Å². The number of carbonyl (C=O) groups is 1. The van der Waals surface area contributed by atoms with Crippen molar-refractivity contribution in [1.29, 1.82) is 0 Å². The summed E-state index contributed by atoms with van der Waals surface area (Å²) in [6, 6.07) is 5.47. The van der Waals surface area contributed by atoms with E-state index in [0.29, 0.717) is 12.0 Å². The highest BCUT2D eigenvalue weighted by Gasteiger charge is 2.09. The first-order chi connectivity index (χ1) is 7.37. The summed E-state index contributed by atoms with van der Waals surface area (Å²) in [7, 11) is -5.01. The number of carboxylic acids is 1. The molecule has 5 nitrogen and oxygen atoms in total. The van der Waals surface area contributed by atoms with E-state index in [1.807, 2.05) is 0 Å². The first-order valence-electron chi connectivity index (χ1n) is 4.31. The Kier molecular flexibility index (Phi) is 3.83. The second kappa shape index (κ2) is 4.93. The molecular weight excluding hydrogens is 239 g/mol. The highest BCUT2D eigenvalue weighted by atomic mass is 32.3. The maximum absolute atomic E-state index is 12.1. The lowest BCUT2D eigenvalue weighted by Crippen LogP contribution is -2.01. The minimum absolute atomic E-state index is 0.0262. The zero-order valence-electron chi connectivity index (χ0n) is 8.09. The summed E-state index contributed by atoms with van der Waals surface area (Å²) in [5.41, 5.74) is 0.700. The van der Waals surface area contributed by atoms with E-state index in [4.69, 9.17) is 5.11 Å². The highest BCUT2D eigenvalue weighted by Crippen LogP contribution is 2.15. The zero-order chi connectivity index (χ0) is 12.2. The van der Waals surface area contributed by atoms with Crippen molar-refractivity contribution in [2.75, 3.05) is 0 Å². The molecule has 0 bridgehead atoms. The van der Waals surface area contributed by atoms with Gasteiger partial charge in [0, 0.05) is 6.42 Å². The molecule has 1 rings (SSSR count). The number of hydrogen-bond acceptors (Lipinski definition) is 4.